The van der Waals surface area contributed by atoms with E-state index in [2.05, 4.69) is 15.0 Å². The molecule has 0 radical (unpaired) electrons. The highest BCUT2D eigenvalue weighted by Gasteiger charge is 2.27. The molecule has 1 amide bonds. The van der Waals surface area contributed by atoms with Crippen LogP contribution in [0.1, 0.15) is 36.3 Å². The quantitative estimate of drug-likeness (QED) is 0.274. The highest BCUT2D eigenvalue weighted by atomic mass is 35.5. The second-order valence-corrected chi connectivity index (χ2v) is 9.82. The second-order valence-electron chi connectivity index (χ2n) is 9.03. The van der Waals surface area contributed by atoms with Crippen molar-refractivity contribution in [2.75, 3.05) is 18.8 Å². The minimum absolute atomic E-state index is 0.106. The van der Waals surface area contributed by atoms with E-state index in [9.17, 15) is 9.18 Å². The van der Waals surface area contributed by atoms with Crippen molar-refractivity contribution in [3.63, 3.8) is 0 Å². The minimum atomic E-state index is -0.742. The molecule has 12 heteroatoms. The zero-order valence-corrected chi connectivity index (χ0v) is 21.9. The van der Waals surface area contributed by atoms with Crippen LogP contribution in [0.2, 0.25) is 10.0 Å². The lowest BCUT2D eigenvalue weighted by atomic mass is 9.99. The molecule has 38 heavy (non-hydrogen) atoms. The standard InChI is InChI=1S/C26H25Cl2FN6O3/c1-13(21-18(27)2-3-19(29)22(21)28)38-24-23-16(10-33-25(24)31)17(11-37-23)14-4-6-35(7-5-14)26(36)20(30)8-15-9-32-12-34-15/h2-4,9-13,20H,5-8,30H2,1H3,(H2,31,33)(H,32,34)/t13-,20-/m1/s1. The molecule has 1 aromatic carbocycles. The van der Waals surface area contributed by atoms with Gasteiger partial charge in [0.25, 0.3) is 0 Å². The first-order chi connectivity index (χ1) is 18.2. The van der Waals surface area contributed by atoms with E-state index in [4.69, 9.17) is 43.8 Å². The first kappa shape index (κ1) is 26.0. The van der Waals surface area contributed by atoms with Crippen LogP contribution in [0.5, 0.6) is 5.75 Å². The van der Waals surface area contributed by atoms with Gasteiger partial charge in [-0.3, -0.25) is 4.79 Å². The fourth-order valence-corrected chi connectivity index (χ4v) is 5.24. The number of benzene rings is 1. The number of pyridine rings is 1. The van der Waals surface area contributed by atoms with Gasteiger partial charge in [-0.05, 0) is 31.1 Å². The summed E-state index contributed by atoms with van der Waals surface area (Å²) >= 11 is 12.4. The van der Waals surface area contributed by atoms with Crippen LogP contribution < -0.4 is 16.2 Å². The van der Waals surface area contributed by atoms with Gasteiger partial charge in [-0.2, -0.15) is 0 Å². The molecule has 1 aliphatic rings. The molecule has 1 aliphatic heterocycles. The Hall–Kier alpha value is -3.60. The molecule has 0 saturated carbocycles. The zero-order valence-electron chi connectivity index (χ0n) is 20.4. The number of hydrogen-bond donors (Lipinski definition) is 3. The van der Waals surface area contributed by atoms with Gasteiger partial charge in [-0.25, -0.2) is 14.4 Å². The van der Waals surface area contributed by atoms with Crippen molar-refractivity contribution >= 4 is 51.5 Å². The van der Waals surface area contributed by atoms with Gasteiger partial charge >= 0.3 is 0 Å². The van der Waals surface area contributed by atoms with Crippen molar-refractivity contribution in [3.05, 3.63) is 75.9 Å². The van der Waals surface area contributed by atoms with Crippen molar-refractivity contribution in [3.8, 4) is 5.75 Å². The molecule has 0 fully saturated rings. The summed E-state index contributed by atoms with van der Waals surface area (Å²) in [5.41, 5.74) is 15.6. The molecule has 0 saturated heterocycles. The van der Waals surface area contributed by atoms with Gasteiger partial charge < -0.3 is 30.5 Å². The van der Waals surface area contributed by atoms with Gasteiger partial charge in [-0.15, -0.1) is 0 Å². The minimum Gasteiger partial charge on any atom is -0.478 e. The Morgan fingerprint density at radius 1 is 1.34 bits per heavy atom. The van der Waals surface area contributed by atoms with E-state index in [0.717, 1.165) is 16.8 Å². The molecule has 0 spiro atoms. The molecular weight excluding hydrogens is 534 g/mol. The van der Waals surface area contributed by atoms with E-state index < -0.39 is 18.0 Å². The van der Waals surface area contributed by atoms with Gasteiger partial charge in [0.05, 0.1) is 29.0 Å². The average molecular weight is 559 g/mol. The lowest BCUT2D eigenvalue weighted by molar-refractivity contribution is -0.132. The molecule has 0 bridgehead atoms. The number of aromatic nitrogens is 3. The van der Waals surface area contributed by atoms with Gasteiger partial charge in [0.2, 0.25) is 11.7 Å². The highest BCUT2D eigenvalue weighted by Crippen LogP contribution is 2.41. The Balaban J connectivity index is 1.36. The number of furan rings is 1. The lowest BCUT2D eigenvalue weighted by Gasteiger charge is -2.28. The van der Waals surface area contributed by atoms with E-state index in [1.165, 1.54) is 12.1 Å². The third-order valence-corrected chi connectivity index (χ3v) is 7.27. The van der Waals surface area contributed by atoms with Crippen LogP contribution >= 0.6 is 23.2 Å². The predicted molar refractivity (Wildman–Crippen MR) is 143 cm³/mol. The number of hydrogen-bond acceptors (Lipinski definition) is 7. The summed E-state index contributed by atoms with van der Waals surface area (Å²) < 4.78 is 26.0. The number of imidazole rings is 1. The number of carbonyl (C=O) groups excluding carboxylic acids is 1. The normalized spacial score (nSPS) is 15.4. The number of nitrogens with two attached hydrogens (primary N) is 2. The van der Waals surface area contributed by atoms with Crippen LogP contribution in [0.4, 0.5) is 10.2 Å². The van der Waals surface area contributed by atoms with Crippen LogP contribution in [0.25, 0.3) is 16.5 Å². The van der Waals surface area contributed by atoms with E-state index in [-0.39, 0.29) is 27.5 Å². The van der Waals surface area contributed by atoms with E-state index in [1.54, 1.807) is 36.8 Å². The van der Waals surface area contributed by atoms with E-state index in [0.29, 0.717) is 42.5 Å². The number of fused-ring (bicyclic) bond motifs is 1. The second kappa shape index (κ2) is 10.6. The maximum atomic E-state index is 14.1. The summed E-state index contributed by atoms with van der Waals surface area (Å²) in [6.07, 6.45) is 8.66. The third-order valence-electron chi connectivity index (χ3n) is 6.56. The van der Waals surface area contributed by atoms with Crippen molar-refractivity contribution in [2.24, 2.45) is 5.73 Å². The van der Waals surface area contributed by atoms with Crippen molar-refractivity contribution in [1.82, 2.24) is 19.9 Å². The van der Waals surface area contributed by atoms with Crippen LogP contribution in [-0.4, -0.2) is 44.9 Å². The van der Waals surface area contributed by atoms with Gasteiger partial charge in [0, 0.05) is 53.7 Å². The monoisotopic (exact) mass is 558 g/mol. The van der Waals surface area contributed by atoms with Crippen molar-refractivity contribution in [2.45, 2.75) is 31.9 Å². The Morgan fingerprint density at radius 2 is 2.16 bits per heavy atom. The maximum absolute atomic E-state index is 14.1. The van der Waals surface area contributed by atoms with Crippen molar-refractivity contribution < 1.29 is 18.3 Å². The van der Waals surface area contributed by atoms with Crippen LogP contribution in [0.3, 0.4) is 0 Å². The number of nitrogens with zero attached hydrogens (tertiary/aromatic N) is 3. The van der Waals surface area contributed by atoms with Crippen LogP contribution in [0, 0.1) is 5.82 Å². The number of nitrogen functional groups attached to an aromatic ring is 1. The predicted octanol–water partition coefficient (Wildman–Crippen LogP) is 4.90. The summed E-state index contributed by atoms with van der Waals surface area (Å²) in [4.78, 5) is 25.8. The number of nitrogens with one attached hydrogen (secondary N) is 1. The molecule has 0 aliphatic carbocycles. The third kappa shape index (κ3) is 4.94. The van der Waals surface area contributed by atoms with Crippen LogP contribution in [0.15, 0.2) is 47.6 Å². The number of H-pyrrole nitrogens is 1. The largest absolute Gasteiger partial charge is 0.478 e. The number of rotatable bonds is 7. The van der Waals surface area contributed by atoms with E-state index >= 15 is 0 Å². The number of amides is 1. The van der Waals surface area contributed by atoms with Crippen LogP contribution in [-0.2, 0) is 11.2 Å². The molecular formula is C26H25Cl2FN6O3. The smallest absolute Gasteiger partial charge is 0.240 e. The molecule has 198 valence electrons. The molecule has 3 aromatic heterocycles. The molecule has 4 heterocycles. The zero-order chi connectivity index (χ0) is 27.0. The molecule has 4 aromatic rings. The fraction of sp³-hybridized carbons (Fsp3) is 0.269. The molecule has 0 unspecified atom stereocenters. The summed E-state index contributed by atoms with van der Waals surface area (Å²) in [6.45, 7) is 2.60. The first-order valence-corrected chi connectivity index (χ1v) is 12.7. The topological polar surface area (TPSA) is 136 Å². The summed E-state index contributed by atoms with van der Waals surface area (Å²) in [5.74, 6) is -0.420. The number of aromatic amines is 1. The Bertz CT molecular complexity index is 1520. The number of carbonyl (C=O) groups is 1. The molecule has 5 N–H and O–H groups in total. The fourth-order valence-electron chi connectivity index (χ4n) is 4.56. The molecule has 5 rings (SSSR count). The van der Waals surface area contributed by atoms with E-state index in [1.807, 2.05) is 6.08 Å². The lowest BCUT2D eigenvalue weighted by Crippen LogP contribution is -2.46. The maximum Gasteiger partial charge on any atom is 0.240 e. The summed E-state index contributed by atoms with van der Waals surface area (Å²) in [7, 11) is 0. The Kier molecular flexibility index (Phi) is 7.29. The first-order valence-electron chi connectivity index (χ1n) is 11.9. The summed E-state index contributed by atoms with van der Waals surface area (Å²) in [5, 5.41) is 0.831. The van der Waals surface area contributed by atoms with Gasteiger partial charge in [-0.1, -0.05) is 29.3 Å². The van der Waals surface area contributed by atoms with Crippen molar-refractivity contribution in [1.29, 1.82) is 0 Å². The Morgan fingerprint density at radius 3 is 2.87 bits per heavy atom. The Labute approximate surface area is 227 Å². The molecule has 2 atom stereocenters. The van der Waals surface area contributed by atoms with Gasteiger partial charge in [0.15, 0.2) is 11.4 Å². The SMILES string of the molecule is C[C@@H](Oc1c(N)ncc2c(C3=CCN(C(=O)[C@H](N)Cc4cnc[nH]4)CC3)coc12)c1c(Cl)ccc(F)c1Cl. The highest BCUT2D eigenvalue weighted by molar-refractivity contribution is 6.36. The number of ether oxygens (including phenoxy) is 1. The number of anilines is 1. The summed E-state index contributed by atoms with van der Waals surface area (Å²) in [6, 6.07) is 1.95. The van der Waals surface area contributed by atoms with Gasteiger partial charge in [0.1, 0.15) is 11.9 Å². The number of halogens is 3. The average Bonchev–Trinajstić information content (AvgIpc) is 3.58. The molecule has 9 nitrogen and oxygen atoms in total.